The number of aliphatic carboxylic acids is 1. The van der Waals surface area contributed by atoms with E-state index in [1.807, 2.05) is 13.8 Å². The molecule has 0 aliphatic rings. The molecule has 0 bridgehead atoms. The summed E-state index contributed by atoms with van der Waals surface area (Å²) in [7, 11) is 0. The van der Waals surface area contributed by atoms with Crippen LogP contribution in [0.1, 0.15) is 76.3 Å². The molecule has 0 spiro atoms. The summed E-state index contributed by atoms with van der Waals surface area (Å²) in [6, 6.07) is 7.61. The van der Waals surface area contributed by atoms with Crippen molar-refractivity contribution in [2.24, 2.45) is 5.92 Å². The number of carboxylic acid groups (broad SMARTS) is 1. The van der Waals surface area contributed by atoms with Crippen molar-refractivity contribution in [2.45, 2.75) is 84.6 Å². The van der Waals surface area contributed by atoms with Gasteiger partial charge in [0.05, 0.1) is 0 Å². The zero-order valence-electron chi connectivity index (χ0n) is 18.7. The number of rotatable bonds is 15. The molecule has 1 aromatic carbocycles. The largest absolute Gasteiger partial charge is 0.480 e. The number of nitrogens with one attached hydrogen (secondary N) is 2. The highest BCUT2D eigenvalue weighted by Gasteiger charge is 2.19. The van der Waals surface area contributed by atoms with E-state index in [1.165, 1.54) is 11.1 Å². The molecule has 168 valence electrons. The van der Waals surface area contributed by atoms with E-state index in [4.69, 9.17) is 0 Å². The first-order valence-corrected chi connectivity index (χ1v) is 11.1. The summed E-state index contributed by atoms with van der Waals surface area (Å²) in [5, 5.41) is 14.8. The van der Waals surface area contributed by atoms with Crippen molar-refractivity contribution in [2.75, 3.05) is 6.54 Å². The van der Waals surface area contributed by atoms with Crippen molar-refractivity contribution in [3.63, 3.8) is 0 Å². The predicted octanol–water partition coefficient (Wildman–Crippen LogP) is 4.00. The zero-order chi connectivity index (χ0) is 22.4. The van der Waals surface area contributed by atoms with Crippen molar-refractivity contribution in [1.82, 2.24) is 10.6 Å². The van der Waals surface area contributed by atoms with Gasteiger partial charge in [-0.3, -0.25) is 9.59 Å². The molecule has 0 aliphatic heterocycles. The molecular weight excluding hydrogens is 380 g/mol. The molecule has 0 saturated heterocycles. The first-order valence-electron chi connectivity index (χ1n) is 11.1. The summed E-state index contributed by atoms with van der Waals surface area (Å²) in [4.78, 5) is 35.1. The van der Waals surface area contributed by atoms with Crippen molar-refractivity contribution in [1.29, 1.82) is 0 Å². The van der Waals surface area contributed by atoms with E-state index in [9.17, 15) is 19.5 Å². The van der Waals surface area contributed by atoms with Gasteiger partial charge in [0.1, 0.15) is 6.04 Å². The maximum atomic E-state index is 11.9. The normalized spacial score (nSPS) is 11.9. The van der Waals surface area contributed by atoms with Gasteiger partial charge in [-0.15, -0.1) is 0 Å². The fourth-order valence-corrected chi connectivity index (χ4v) is 3.10. The standard InChI is InChI=1S/C24H38N2O4/c1-18(2)11-16-23(28)26-21(24(29)30)9-6-7-17-25-22(27)10-5-4-8-20-14-12-19(3)13-15-20/h12-15,18,21H,4-11,16-17H2,1-3H3,(H,25,27)(H,26,28)(H,29,30)/t21-/m0/s1. The summed E-state index contributed by atoms with van der Waals surface area (Å²) in [5.74, 6) is -0.776. The van der Waals surface area contributed by atoms with Gasteiger partial charge in [0.2, 0.25) is 11.8 Å². The minimum atomic E-state index is -1.01. The van der Waals surface area contributed by atoms with Gasteiger partial charge in [0, 0.05) is 19.4 Å². The second kappa shape index (κ2) is 14.6. The molecule has 0 saturated carbocycles. The number of carbonyl (C=O) groups is 3. The first-order chi connectivity index (χ1) is 14.3. The summed E-state index contributed by atoms with van der Waals surface area (Å²) in [5.41, 5.74) is 2.55. The van der Waals surface area contributed by atoms with E-state index in [-0.39, 0.29) is 11.8 Å². The summed E-state index contributed by atoms with van der Waals surface area (Å²) >= 11 is 0. The van der Waals surface area contributed by atoms with E-state index in [1.54, 1.807) is 0 Å². The van der Waals surface area contributed by atoms with Gasteiger partial charge in [-0.2, -0.15) is 0 Å². The highest BCUT2D eigenvalue weighted by atomic mass is 16.4. The van der Waals surface area contributed by atoms with Gasteiger partial charge >= 0.3 is 5.97 Å². The monoisotopic (exact) mass is 418 g/mol. The van der Waals surface area contributed by atoms with E-state index >= 15 is 0 Å². The third-order valence-corrected chi connectivity index (χ3v) is 5.06. The second-order valence-electron chi connectivity index (χ2n) is 8.43. The van der Waals surface area contributed by atoms with Gasteiger partial charge in [-0.25, -0.2) is 4.79 Å². The molecule has 0 unspecified atom stereocenters. The smallest absolute Gasteiger partial charge is 0.326 e. The molecule has 1 rings (SSSR count). The molecule has 0 aliphatic carbocycles. The number of hydrogen-bond donors (Lipinski definition) is 3. The summed E-state index contributed by atoms with van der Waals surface area (Å²) in [6.45, 7) is 6.66. The Morgan fingerprint density at radius 3 is 2.23 bits per heavy atom. The van der Waals surface area contributed by atoms with Gasteiger partial charge in [0.15, 0.2) is 0 Å². The quantitative estimate of drug-likeness (QED) is 0.375. The number of aryl methyl sites for hydroxylation is 2. The third-order valence-electron chi connectivity index (χ3n) is 5.06. The Bertz CT molecular complexity index is 656. The maximum Gasteiger partial charge on any atom is 0.326 e. The van der Waals surface area contributed by atoms with E-state index in [0.29, 0.717) is 44.6 Å². The SMILES string of the molecule is Cc1ccc(CCCCC(=O)NCCCC[C@H](NC(=O)CCC(C)C)C(=O)O)cc1. The van der Waals surface area contributed by atoms with Crippen LogP contribution in [0.4, 0.5) is 0 Å². The molecule has 3 N–H and O–H groups in total. The van der Waals surface area contributed by atoms with Crippen molar-refractivity contribution >= 4 is 17.8 Å². The van der Waals surface area contributed by atoms with Crippen LogP contribution in [0.3, 0.4) is 0 Å². The molecule has 6 nitrogen and oxygen atoms in total. The third kappa shape index (κ3) is 12.2. The highest BCUT2D eigenvalue weighted by molar-refractivity contribution is 5.83. The Morgan fingerprint density at radius 1 is 0.900 bits per heavy atom. The van der Waals surface area contributed by atoms with Crippen LogP contribution >= 0.6 is 0 Å². The van der Waals surface area contributed by atoms with Crippen LogP contribution in [-0.4, -0.2) is 35.5 Å². The Kier molecular flexibility index (Phi) is 12.5. The van der Waals surface area contributed by atoms with Crippen LogP contribution < -0.4 is 10.6 Å². The average molecular weight is 419 g/mol. The molecule has 1 aromatic rings. The van der Waals surface area contributed by atoms with Gasteiger partial charge in [-0.05, 0) is 63.4 Å². The number of hydrogen-bond acceptors (Lipinski definition) is 3. The zero-order valence-corrected chi connectivity index (χ0v) is 18.7. The van der Waals surface area contributed by atoms with Gasteiger partial charge < -0.3 is 15.7 Å². The Hall–Kier alpha value is -2.37. The van der Waals surface area contributed by atoms with Gasteiger partial charge in [-0.1, -0.05) is 43.7 Å². The molecule has 0 fully saturated rings. The molecule has 6 heteroatoms. The number of carboxylic acids is 1. The van der Waals surface area contributed by atoms with E-state index in [0.717, 1.165) is 25.7 Å². The number of carbonyl (C=O) groups excluding carboxylic acids is 2. The minimum Gasteiger partial charge on any atom is -0.480 e. The summed E-state index contributed by atoms with van der Waals surface area (Å²) in [6.07, 6.45) is 6.11. The lowest BCUT2D eigenvalue weighted by Crippen LogP contribution is -2.40. The summed E-state index contributed by atoms with van der Waals surface area (Å²) < 4.78 is 0. The first kappa shape index (κ1) is 25.7. The Labute approximate surface area is 180 Å². The molecule has 30 heavy (non-hydrogen) atoms. The molecular formula is C24H38N2O4. The lowest BCUT2D eigenvalue weighted by atomic mass is 10.1. The van der Waals surface area contributed by atoms with Crippen molar-refractivity contribution in [3.8, 4) is 0 Å². The van der Waals surface area contributed by atoms with Crippen LogP contribution in [0.25, 0.3) is 0 Å². The predicted molar refractivity (Wildman–Crippen MR) is 119 cm³/mol. The van der Waals surface area contributed by atoms with Crippen molar-refractivity contribution in [3.05, 3.63) is 35.4 Å². The number of amides is 2. The molecule has 0 heterocycles. The lowest BCUT2D eigenvalue weighted by molar-refractivity contribution is -0.142. The maximum absolute atomic E-state index is 11.9. The van der Waals surface area contributed by atoms with Crippen LogP contribution in [0, 0.1) is 12.8 Å². The molecule has 0 radical (unpaired) electrons. The molecule has 0 aromatic heterocycles. The van der Waals surface area contributed by atoms with Crippen LogP contribution in [0.15, 0.2) is 24.3 Å². The lowest BCUT2D eigenvalue weighted by Gasteiger charge is -2.15. The molecule has 1 atom stereocenters. The average Bonchev–Trinajstić information content (AvgIpc) is 2.69. The second-order valence-corrected chi connectivity index (χ2v) is 8.43. The van der Waals surface area contributed by atoms with E-state index in [2.05, 4.69) is 41.8 Å². The molecule has 2 amide bonds. The Balaban J connectivity index is 2.11. The van der Waals surface area contributed by atoms with Crippen LogP contribution in [0.2, 0.25) is 0 Å². The van der Waals surface area contributed by atoms with Gasteiger partial charge in [0.25, 0.3) is 0 Å². The van der Waals surface area contributed by atoms with Crippen LogP contribution in [0.5, 0.6) is 0 Å². The number of benzene rings is 1. The minimum absolute atomic E-state index is 0.0377. The fourth-order valence-electron chi connectivity index (χ4n) is 3.10. The van der Waals surface area contributed by atoms with Crippen molar-refractivity contribution < 1.29 is 19.5 Å². The Morgan fingerprint density at radius 2 is 1.60 bits per heavy atom. The number of unbranched alkanes of at least 4 members (excludes halogenated alkanes) is 2. The van der Waals surface area contributed by atoms with E-state index < -0.39 is 12.0 Å². The fraction of sp³-hybridized carbons (Fsp3) is 0.625. The highest BCUT2D eigenvalue weighted by Crippen LogP contribution is 2.09. The van der Waals surface area contributed by atoms with Crippen LogP contribution in [-0.2, 0) is 20.8 Å². The topological polar surface area (TPSA) is 95.5 Å².